The second-order valence-electron chi connectivity index (χ2n) is 4.47. The summed E-state index contributed by atoms with van der Waals surface area (Å²) >= 11 is 0. The van der Waals surface area contributed by atoms with Gasteiger partial charge in [-0.3, -0.25) is 9.00 Å². The lowest BCUT2D eigenvalue weighted by atomic mass is 10.1. The van der Waals surface area contributed by atoms with E-state index in [2.05, 4.69) is 0 Å². The monoisotopic (exact) mass is 248 g/mol. The predicted molar refractivity (Wildman–Crippen MR) is 62.9 cm³/mol. The van der Waals surface area contributed by atoms with Gasteiger partial charge in [-0.25, -0.2) is 0 Å². The van der Waals surface area contributed by atoms with Gasteiger partial charge in [0.25, 0.3) is 0 Å². The number of rotatable bonds is 9. The number of carboxylic acid groups (broad SMARTS) is 1. The van der Waals surface area contributed by atoms with E-state index in [-0.39, 0.29) is 11.8 Å². The summed E-state index contributed by atoms with van der Waals surface area (Å²) in [5.41, 5.74) is -0.165. The van der Waals surface area contributed by atoms with Crippen molar-refractivity contribution in [1.29, 1.82) is 0 Å². The third kappa shape index (κ3) is 5.07. The molecule has 0 aliphatic heterocycles. The highest BCUT2D eigenvalue weighted by Crippen LogP contribution is 2.49. The highest BCUT2D eigenvalue weighted by molar-refractivity contribution is 7.85. The second kappa shape index (κ2) is 6.35. The summed E-state index contributed by atoms with van der Waals surface area (Å²) in [5, 5.41) is 8.72. The fraction of sp³-hybridized carbons (Fsp3) is 0.909. The third-order valence-electron chi connectivity index (χ3n) is 2.75. The van der Waals surface area contributed by atoms with Crippen LogP contribution >= 0.6 is 0 Å². The van der Waals surface area contributed by atoms with E-state index in [1.807, 2.05) is 6.92 Å². The van der Waals surface area contributed by atoms with Gasteiger partial charge in [0.15, 0.2) is 0 Å². The van der Waals surface area contributed by atoms with Crippen molar-refractivity contribution in [1.82, 2.24) is 0 Å². The molecule has 1 atom stereocenters. The normalized spacial score (nSPS) is 19.3. The van der Waals surface area contributed by atoms with E-state index in [1.165, 1.54) is 0 Å². The molecular formula is C11H20O4S. The van der Waals surface area contributed by atoms with Gasteiger partial charge in [0.1, 0.15) is 0 Å². The summed E-state index contributed by atoms with van der Waals surface area (Å²) in [4.78, 5) is 10.6. The molecule has 1 N–H and O–H groups in total. The molecule has 5 heteroatoms. The Bertz CT molecular complexity index is 261. The molecule has 1 aliphatic rings. The molecule has 1 unspecified atom stereocenters. The Labute approximate surface area is 98.8 Å². The molecule has 0 radical (unpaired) electrons. The summed E-state index contributed by atoms with van der Waals surface area (Å²) in [6.07, 6.45) is 2.94. The molecule has 0 aromatic heterocycles. The van der Waals surface area contributed by atoms with Crippen molar-refractivity contribution in [2.75, 3.05) is 24.7 Å². The van der Waals surface area contributed by atoms with Crippen LogP contribution in [-0.2, 0) is 20.3 Å². The number of aliphatic carboxylic acids is 1. The van der Waals surface area contributed by atoms with Gasteiger partial charge in [-0.15, -0.1) is 0 Å². The zero-order valence-electron chi connectivity index (χ0n) is 9.74. The molecule has 0 spiro atoms. The molecule has 0 amide bonds. The summed E-state index contributed by atoms with van der Waals surface area (Å²) in [7, 11) is -0.935. The van der Waals surface area contributed by atoms with Crippen molar-refractivity contribution >= 4 is 16.8 Å². The van der Waals surface area contributed by atoms with Crippen LogP contribution in [0.1, 0.15) is 32.6 Å². The lowest BCUT2D eigenvalue weighted by Gasteiger charge is -2.11. The Hall–Kier alpha value is -0.420. The predicted octanol–water partition coefficient (Wildman–Crippen LogP) is 1.42. The quantitative estimate of drug-likeness (QED) is 0.627. The van der Waals surface area contributed by atoms with E-state index < -0.39 is 16.8 Å². The van der Waals surface area contributed by atoms with Crippen LogP contribution in [0.25, 0.3) is 0 Å². The van der Waals surface area contributed by atoms with Crippen LogP contribution in [0.15, 0.2) is 0 Å². The first-order chi connectivity index (χ1) is 7.58. The first-order valence-corrected chi connectivity index (χ1v) is 7.21. The Morgan fingerprint density at radius 3 is 2.62 bits per heavy atom. The van der Waals surface area contributed by atoms with Gasteiger partial charge in [-0.1, -0.05) is 6.92 Å². The molecule has 1 rings (SSSR count). The van der Waals surface area contributed by atoms with Gasteiger partial charge in [0, 0.05) is 28.9 Å². The molecule has 0 aromatic rings. The van der Waals surface area contributed by atoms with Gasteiger partial charge in [-0.2, -0.15) is 0 Å². The summed E-state index contributed by atoms with van der Waals surface area (Å²) in [6.45, 7) is 3.25. The topological polar surface area (TPSA) is 63.6 Å². The van der Waals surface area contributed by atoms with Crippen molar-refractivity contribution in [3.05, 3.63) is 0 Å². The largest absolute Gasteiger partial charge is 0.481 e. The Morgan fingerprint density at radius 1 is 1.44 bits per heavy atom. The zero-order valence-corrected chi connectivity index (χ0v) is 10.6. The van der Waals surface area contributed by atoms with Crippen LogP contribution in [0.4, 0.5) is 0 Å². The van der Waals surface area contributed by atoms with E-state index in [0.717, 1.165) is 19.3 Å². The van der Waals surface area contributed by atoms with Crippen LogP contribution < -0.4 is 0 Å². The first-order valence-electron chi connectivity index (χ1n) is 5.72. The lowest BCUT2D eigenvalue weighted by Crippen LogP contribution is -2.19. The molecule has 4 nitrogen and oxygen atoms in total. The maximum Gasteiger partial charge on any atom is 0.303 e. The summed E-state index contributed by atoms with van der Waals surface area (Å²) in [6, 6.07) is 0. The van der Waals surface area contributed by atoms with Crippen molar-refractivity contribution < 1.29 is 18.8 Å². The molecule has 0 saturated heterocycles. The fourth-order valence-corrected chi connectivity index (χ4v) is 3.20. The van der Waals surface area contributed by atoms with Gasteiger partial charge < -0.3 is 9.84 Å². The molecule has 0 heterocycles. The summed E-state index contributed by atoms with van der Waals surface area (Å²) < 4.78 is 16.9. The molecule has 1 fully saturated rings. The molecule has 94 valence electrons. The first kappa shape index (κ1) is 13.6. The standard InChI is InChI=1S/C11H20O4S/c1-2-5-15-6-7-16(14)9-11(3-4-11)8-10(12)13/h2-9H2,1H3,(H,12,13). The van der Waals surface area contributed by atoms with Gasteiger partial charge in [0.05, 0.1) is 13.0 Å². The number of hydrogen-bond acceptors (Lipinski definition) is 3. The maximum atomic E-state index is 11.7. The number of ether oxygens (including phenoxy) is 1. The maximum absolute atomic E-state index is 11.7. The van der Waals surface area contributed by atoms with E-state index in [0.29, 0.717) is 24.7 Å². The minimum atomic E-state index is -0.935. The van der Waals surface area contributed by atoms with Crippen molar-refractivity contribution in [3.63, 3.8) is 0 Å². The minimum Gasteiger partial charge on any atom is -0.481 e. The van der Waals surface area contributed by atoms with Crippen molar-refractivity contribution in [3.8, 4) is 0 Å². The van der Waals surface area contributed by atoms with Crippen LogP contribution in [0.5, 0.6) is 0 Å². The fourth-order valence-electron chi connectivity index (χ4n) is 1.68. The number of carbonyl (C=O) groups is 1. The summed E-state index contributed by atoms with van der Waals surface area (Å²) in [5.74, 6) is 0.271. The highest BCUT2D eigenvalue weighted by Gasteiger charge is 2.45. The van der Waals surface area contributed by atoms with E-state index >= 15 is 0 Å². The van der Waals surface area contributed by atoms with Crippen molar-refractivity contribution in [2.45, 2.75) is 32.6 Å². The number of carboxylic acids is 1. The molecular weight excluding hydrogens is 228 g/mol. The van der Waals surface area contributed by atoms with Crippen LogP contribution in [0.2, 0.25) is 0 Å². The number of hydrogen-bond donors (Lipinski definition) is 1. The average Bonchev–Trinajstić information content (AvgIpc) is 2.91. The molecule has 0 aromatic carbocycles. The SMILES string of the molecule is CCCOCCS(=O)CC1(CC(=O)O)CC1. The van der Waals surface area contributed by atoms with Crippen LogP contribution in [0, 0.1) is 5.41 Å². The van der Waals surface area contributed by atoms with Gasteiger partial charge in [0.2, 0.25) is 0 Å². The van der Waals surface area contributed by atoms with Gasteiger partial charge >= 0.3 is 5.97 Å². The molecule has 1 aliphatic carbocycles. The van der Waals surface area contributed by atoms with Crippen LogP contribution in [0.3, 0.4) is 0 Å². The Morgan fingerprint density at radius 2 is 2.12 bits per heavy atom. The molecule has 1 saturated carbocycles. The van der Waals surface area contributed by atoms with Gasteiger partial charge in [-0.05, 0) is 24.7 Å². The zero-order chi connectivity index (χ0) is 12.0. The average molecular weight is 248 g/mol. The molecule has 0 bridgehead atoms. The third-order valence-corrected chi connectivity index (χ3v) is 4.31. The van der Waals surface area contributed by atoms with E-state index in [4.69, 9.17) is 9.84 Å². The smallest absolute Gasteiger partial charge is 0.303 e. The minimum absolute atomic E-state index is 0.161. The highest BCUT2D eigenvalue weighted by atomic mass is 32.2. The van der Waals surface area contributed by atoms with E-state index in [9.17, 15) is 9.00 Å². The molecule has 16 heavy (non-hydrogen) atoms. The second-order valence-corrected chi connectivity index (χ2v) is 6.05. The van der Waals surface area contributed by atoms with Crippen molar-refractivity contribution in [2.24, 2.45) is 5.41 Å². The van der Waals surface area contributed by atoms with E-state index in [1.54, 1.807) is 0 Å². The van der Waals surface area contributed by atoms with Crippen LogP contribution in [-0.4, -0.2) is 40.0 Å². The lowest BCUT2D eigenvalue weighted by molar-refractivity contribution is -0.138. The Kier molecular flexibility index (Phi) is 5.41. The Balaban J connectivity index is 2.16.